The fourth-order valence-electron chi connectivity index (χ4n) is 1.57. The highest BCUT2D eigenvalue weighted by atomic mass is 35.5. The van der Waals surface area contributed by atoms with E-state index >= 15 is 0 Å². The quantitative estimate of drug-likeness (QED) is 0.471. The summed E-state index contributed by atoms with van der Waals surface area (Å²) in [5, 5.41) is 19.3. The minimum Gasteiger partial charge on any atom is -0.325 e. The van der Waals surface area contributed by atoms with Crippen molar-refractivity contribution in [3.8, 4) is 6.07 Å². The van der Waals surface area contributed by atoms with Crippen molar-refractivity contribution < 1.29 is 9.72 Å². The Balaban J connectivity index is 3.05. The molecule has 6 nitrogen and oxygen atoms in total. The predicted octanol–water partition coefficient (Wildman–Crippen LogP) is 2.62. The van der Waals surface area contributed by atoms with E-state index in [1.807, 2.05) is 13.0 Å². The van der Waals surface area contributed by atoms with E-state index in [2.05, 4.69) is 0 Å². The second-order valence-corrected chi connectivity index (χ2v) is 4.21. The molecule has 0 aliphatic carbocycles. The molecule has 0 saturated heterocycles. The molecule has 7 heteroatoms. The summed E-state index contributed by atoms with van der Waals surface area (Å²) in [6, 6.07) is 5.56. The number of rotatable bonds is 5. The summed E-state index contributed by atoms with van der Waals surface area (Å²) in [4.78, 5) is 23.5. The number of non-ortho nitro benzene ring substituents is 1. The average molecular weight is 282 g/mol. The van der Waals surface area contributed by atoms with E-state index < -0.39 is 10.8 Å². The first-order valence-corrected chi connectivity index (χ1v) is 5.99. The Morgan fingerprint density at radius 2 is 2.26 bits per heavy atom. The Kier molecular flexibility index (Phi) is 5.27. The molecule has 0 N–H and O–H groups in total. The Morgan fingerprint density at radius 3 is 2.74 bits per heavy atom. The van der Waals surface area contributed by atoms with Crippen LogP contribution in [0.4, 0.5) is 5.69 Å². The summed E-state index contributed by atoms with van der Waals surface area (Å²) in [6.07, 6.45) is 0.706. The van der Waals surface area contributed by atoms with E-state index in [1.54, 1.807) is 0 Å². The normalized spacial score (nSPS) is 9.74. The van der Waals surface area contributed by atoms with Gasteiger partial charge in [-0.05, 0) is 12.5 Å². The number of halogens is 1. The van der Waals surface area contributed by atoms with Gasteiger partial charge in [-0.2, -0.15) is 5.26 Å². The summed E-state index contributed by atoms with van der Waals surface area (Å²) >= 11 is 5.88. The first kappa shape index (κ1) is 14.9. The van der Waals surface area contributed by atoms with Gasteiger partial charge >= 0.3 is 0 Å². The van der Waals surface area contributed by atoms with Crippen molar-refractivity contribution in [2.75, 3.05) is 13.1 Å². The molecule has 1 aromatic rings. The number of nitro benzene ring substituents is 1. The lowest BCUT2D eigenvalue weighted by Crippen LogP contribution is -2.32. The molecule has 0 aromatic heterocycles. The average Bonchev–Trinajstić information content (AvgIpc) is 2.37. The minimum atomic E-state index is -0.584. The number of hydrogen-bond donors (Lipinski definition) is 0. The summed E-state index contributed by atoms with van der Waals surface area (Å²) < 4.78 is 0. The number of amides is 1. The predicted molar refractivity (Wildman–Crippen MR) is 69.9 cm³/mol. The summed E-state index contributed by atoms with van der Waals surface area (Å²) in [6.45, 7) is 2.27. The van der Waals surface area contributed by atoms with Crippen LogP contribution in [-0.4, -0.2) is 28.8 Å². The van der Waals surface area contributed by atoms with Gasteiger partial charge < -0.3 is 4.90 Å². The third-order valence-corrected chi connectivity index (χ3v) is 2.75. The van der Waals surface area contributed by atoms with Crippen LogP contribution in [0.3, 0.4) is 0 Å². The van der Waals surface area contributed by atoms with Crippen molar-refractivity contribution in [2.24, 2.45) is 0 Å². The smallest absolute Gasteiger partial charge is 0.270 e. The maximum Gasteiger partial charge on any atom is 0.270 e. The molecule has 1 rings (SSSR count). The SMILES string of the molecule is CCCN(CC#N)C(=O)c1ccc([N+](=O)[O-])cc1Cl. The van der Waals surface area contributed by atoms with Gasteiger partial charge in [-0.15, -0.1) is 0 Å². The molecular weight excluding hydrogens is 270 g/mol. The first-order valence-electron chi connectivity index (χ1n) is 5.61. The van der Waals surface area contributed by atoms with Crippen LogP contribution in [0, 0.1) is 21.4 Å². The number of nitriles is 1. The molecule has 0 atom stereocenters. The van der Waals surface area contributed by atoms with Gasteiger partial charge in [-0.25, -0.2) is 0 Å². The van der Waals surface area contributed by atoms with Crippen LogP contribution in [0.2, 0.25) is 5.02 Å². The van der Waals surface area contributed by atoms with Gasteiger partial charge in [0, 0.05) is 18.7 Å². The third-order valence-electron chi connectivity index (χ3n) is 2.44. The number of benzene rings is 1. The summed E-state index contributed by atoms with van der Waals surface area (Å²) in [5.41, 5.74) is -0.0140. The van der Waals surface area contributed by atoms with E-state index in [1.165, 1.54) is 17.0 Å². The maximum absolute atomic E-state index is 12.1. The number of carbonyl (C=O) groups is 1. The van der Waals surface area contributed by atoms with Crippen molar-refractivity contribution in [3.05, 3.63) is 38.9 Å². The van der Waals surface area contributed by atoms with Gasteiger partial charge in [0.05, 0.1) is 21.6 Å². The highest BCUT2D eigenvalue weighted by Gasteiger charge is 2.19. The molecule has 0 spiro atoms. The molecule has 0 heterocycles. The maximum atomic E-state index is 12.1. The summed E-state index contributed by atoms with van der Waals surface area (Å²) in [5.74, 6) is -0.400. The fraction of sp³-hybridized carbons (Fsp3) is 0.333. The van der Waals surface area contributed by atoms with Crippen molar-refractivity contribution in [1.82, 2.24) is 4.90 Å². The molecule has 0 bridgehead atoms. The Labute approximate surface area is 115 Å². The zero-order valence-corrected chi connectivity index (χ0v) is 11.1. The highest BCUT2D eigenvalue weighted by molar-refractivity contribution is 6.34. The van der Waals surface area contributed by atoms with Gasteiger partial charge in [-0.1, -0.05) is 18.5 Å². The highest BCUT2D eigenvalue weighted by Crippen LogP contribution is 2.23. The van der Waals surface area contributed by atoms with E-state index in [-0.39, 0.29) is 22.8 Å². The lowest BCUT2D eigenvalue weighted by atomic mass is 10.1. The second kappa shape index (κ2) is 6.71. The number of nitro groups is 1. The van der Waals surface area contributed by atoms with Crippen LogP contribution in [0.15, 0.2) is 18.2 Å². The van der Waals surface area contributed by atoms with E-state index in [4.69, 9.17) is 16.9 Å². The van der Waals surface area contributed by atoms with Crippen molar-refractivity contribution >= 4 is 23.2 Å². The molecular formula is C12H12ClN3O3. The number of hydrogen-bond acceptors (Lipinski definition) is 4. The van der Waals surface area contributed by atoms with Gasteiger partial charge in [0.15, 0.2) is 0 Å². The zero-order chi connectivity index (χ0) is 14.4. The molecule has 19 heavy (non-hydrogen) atoms. The second-order valence-electron chi connectivity index (χ2n) is 3.81. The van der Waals surface area contributed by atoms with Gasteiger partial charge in [-0.3, -0.25) is 14.9 Å². The van der Waals surface area contributed by atoms with Crippen molar-refractivity contribution in [2.45, 2.75) is 13.3 Å². The monoisotopic (exact) mass is 281 g/mol. The van der Waals surface area contributed by atoms with Crippen LogP contribution in [0.25, 0.3) is 0 Å². The largest absolute Gasteiger partial charge is 0.325 e. The van der Waals surface area contributed by atoms with E-state index in [9.17, 15) is 14.9 Å². The molecule has 1 amide bonds. The third kappa shape index (κ3) is 3.66. The zero-order valence-electron chi connectivity index (χ0n) is 10.3. The van der Waals surface area contributed by atoms with Gasteiger partial charge in [0.25, 0.3) is 11.6 Å². The van der Waals surface area contributed by atoms with Gasteiger partial charge in [0.1, 0.15) is 6.54 Å². The standard InChI is InChI=1S/C12H12ClN3O3/c1-2-6-15(7-5-14)12(17)10-4-3-9(16(18)19)8-11(10)13/h3-4,8H,2,6-7H2,1H3. The fourth-order valence-corrected chi connectivity index (χ4v) is 1.82. The molecule has 0 saturated carbocycles. The molecule has 100 valence electrons. The molecule has 0 aliphatic heterocycles. The van der Waals surface area contributed by atoms with Crippen LogP contribution < -0.4 is 0 Å². The summed E-state index contributed by atoms with van der Waals surface area (Å²) in [7, 11) is 0. The Morgan fingerprint density at radius 1 is 1.58 bits per heavy atom. The lowest BCUT2D eigenvalue weighted by molar-refractivity contribution is -0.384. The lowest BCUT2D eigenvalue weighted by Gasteiger charge is -2.19. The van der Waals surface area contributed by atoms with Crippen LogP contribution >= 0.6 is 11.6 Å². The van der Waals surface area contributed by atoms with Crippen LogP contribution in [-0.2, 0) is 0 Å². The van der Waals surface area contributed by atoms with Crippen molar-refractivity contribution in [1.29, 1.82) is 5.26 Å². The molecule has 0 unspecified atom stereocenters. The molecule has 1 aromatic carbocycles. The van der Waals surface area contributed by atoms with Crippen LogP contribution in [0.5, 0.6) is 0 Å². The van der Waals surface area contributed by atoms with Crippen LogP contribution in [0.1, 0.15) is 23.7 Å². The Bertz CT molecular complexity index is 540. The molecule has 0 radical (unpaired) electrons. The van der Waals surface area contributed by atoms with E-state index in [0.29, 0.717) is 13.0 Å². The minimum absolute atomic E-state index is 0.0123. The van der Waals surface area contributed by atoms with Crippen molar-refractivity contribution in [3.63, 3.8) is 0 Å². The Hall–Kier alpha value is -2.13. The first-order chi connectivity index (χ1) is 9.01. The number of carbonyl (C=O) groups excluding carboxylic acids is 1. The van der Waals surface area contributed by atoms with E-state index in [0.717, 1.165) is 6.07 Å². The molecule has 0 aliphatic rings. The topological polar surface area (TPSA) is 87.2 Å². The molecule has 0 fully saturated rings. The number of nitrogens with zero attached hydrogens (tertiary/aromatic N) is 3. The van der Waals surface area contributed by atoms with Gasteiger partial charge in [0.2, 0.25) is 0 Å².